The highest BCUT2D eigenvalue weighted by Gasteiger charge is 2.46. The number of hydrogen-bond acceptors (Lipinski definition) is 9. The number of imidazole rings is 2. The maximum absolute atomic E-state index is 10.9. The van der Waals surface area contributed by atoms with Crippen LogP contribution in [0, 0.1) is 5.92 Å². The molecule has 4 heterocycles. The summed E-state index contributed by atoms with van der Waals surface area (Å²) in [6.45, 7) is 4.90. The molecule has 4 aromatic rings. The van der Waals surface area contributed by atoms with Gasteiger partial charge in [0.2, 0.25) is 0 Å². The van der Waals surface area contributed by atoms with Crippen molar-refractivity contribution in [1.29, 1.82) is 0 Å². The van der Waals surface area contributed by atoms with E-state index < -0.39 is 24.5 Å². The lowest BCUT2D eigenvalue weighted by molar-refractivity contribution is -0.0620. The number of nitrogens with zero attached hydrogens (tertiary/aromatic N) is 6. The first-order valence-electron chi connectivity index (χ1n) is 15.0. The molecule has 0 bridgehead atoms. The lowest BCUT2D eigenvalue weighted by Gasteiger charge is -2.46. The lowest BCUT2D eigenvalue weighted by atomic mass is 9.76. The first kappa shape index (κ1) is 26.8. The molecule has 0 radical (unpaired) electrons. The van der Waals surface area contributed by atoms with Crippen LogP contribution in [0.1, 0.15) is 75.9 Å². The number of rotatable bonds is 9. The molecule has 1 aromatic carbocycles. The zero-order valence-corrected chi connectivity index (χ0v) is 23.7. The third-order valence-electron chi connectivity index (χ3n) is 9.65. The van der Waals surface area contributed by atoms with E-state index in [0.717, 1.165) is 48.5 Å². The molecule has 218 valence electrons. The fourth-order valence-electron chi connectivity index (χ4n) is 6.89. The summed E-state index contributed by atoms with van der Waals surface area (Å²) in [5.74, 6) is 2.72. The number of aromatic amines is 1. The van der Waals surface area contributed by atoms with E-state index in [1.807, 2.05) is 0 Å². The highest BCUT2D eigenvalue weighted by Crippen LogP contribution is 2.39. The fourth-order valence-corrected chi connectivity index (χ4v) is 6.89. The van der Waals surface area contributed by atoms with E-state index in [-0.39, 0.29) is 11.9 Å². The summed E-state index contributed by atoms with van der Waals surface area (Å²) >= 11 is 0. The zero-order valence-electron chi connectivity index (χ0n) is 23.7. The molecular formula is C30H40N8O3. The van der Waals surface area contributed by atoms with Crippen LogP contribution in [0.25, 0.3) is 22.2 Å². The molecule has 1 saturated heterocycles. The van der Waals surface area contributed by atoms with Gasteiger partial charge in [0.05, 0.1) is 17.4 Å². The molecule has 0 spiro atoms. The molecule has 1 aliphatic heterocycles. The first-order chi connectivity index (χ1) is 19.9. The molecule has 11 nitrogen and oxygen atoms in total. The third-order valence-corrected chi connectivity index (χ3v) is 9.65. The SMILES string of the molecule is CC(C)N(C[C@H]1O[C@@H](n2cnc3c(N)ncnc32)[C@H](O)[C@@H]1O)[C@H]1C[C@H](CCc2nc3cc(C4CCC4)ccc3[nH]2)C1. The Balaban J connectivity index is 0.953. The number of aliphatic hydroxyl groups is 2. The fraction of sp³-hybridized carbons (Fsp3) is 0.600. The highest BCUT2D eigenvalue weighted by atomic mass is 16.6. The predicted octanol–water partition coefficient (Wildman–Crippen LogP) is 3.29. The molecule has 3 fully saturated rings. The van der Waals surface area contributed by atoms with Gasteiger partial charge >= 0.3 is 0 Å². The summed E-state index contributed by atoms with van der Waals surface area (Å²) in [7, 11) is 0. The molecule has 2 aliphatic carbocycles. The summed E-state index contributed by atoms with van der Waals surface area (Å²) in [5.41, 5.74) is 10.5. The number of fused-ring (bicyclic) bond motifs is 2. The minimum atomic E-state index is -1.11. The van der Waals surface area contributed by atoms with Gasteiger partial charge in [-0.05, 0) is 75.5 Å². The Morgan fingerprint density at radius 3 is 2.73 bits per heavy atom. The van der Waals surface area contributed by atoms with Crippen molar-refractivity contribution in [1.82, 2.24) is 34.4 Å². The van der Waals surface area contributed by atoms with Gasteiger partial charge in [-0.3, -0.25) is 9.47 Å². The molecule has 0 amide bonds. The van der Waals surface area contributed by atoms with Gasteiger partial charge in [0.1, 0.15) is 36.0 Å². The Morgan fingerprint density at radius 1 is 1.15 bits per heavy atom. The molecule has 0 unspecified atom stereocenters. The normalized spacial score (nSPS) is 28.6. The van der Waals surface area contributed by atoms with Gasteiger partial charge in [0.15, 0.2) is 17.7 Å². The molecule has 4 atom stereocenters. The lowest BCUT2D eigenvalue weighted by Crippen LogP contribution is -2.52. The molecule has 7 rings (SSSR count). The average molecular weight is 561 g/mol. The van der Waals surface area contributed by atoms with Crippen molar-refractivity contribution in [3.05, 3.63) is 42.2 Å². The minimum absolute atomic E-state index is 0.266. The van der Waals surface area contributed by atoms with Gasteiger partial charge in [-0.2, -0.15) is 0 Å². The number of nitrogen functional groups attached to an aromatic ring is 1. The van der Waals surface area contributed by atoms with Crippen LogP contribution in [0.2, 0.25) is 0 Å². The second-order valence-electron chi connectivity index (χ2n) is 12.5. The van der Waals surface area contributed by atoms with Crippen LogP contribution in [-0.2, 0) is 11.2 Å². The van der Waals surface area contributed by atoms with Crippen molar-refractivity contribution in [3.8, 4) is 0 Å². The number of aliphatic hydroxyl groups excluding tert-OH is 2. The van der Waals surface area contributed by atoms with E-state index in [1.54, 1.807) is 4.57 Å². The summed E-state index contributed by atoms with van der Waals surface area (Å²) in [4.78, 5) is 23.4. The van der Waals surface area contributed by atoms with Gasteiger partial charge in [-0.1, -0.05) is 12.5 Å². The number of aryl methyl sites for hydroxylation is 1. The van der Waals surface area contributed by atoms with E-state index >= 15 is 0 Å². The van der Waals surface area contributed by atoms with Gasteiger partial charge in [-0.25, -0.2) is 19.9 Å². The number of benzene rings is 1. The van der Waals surface area contributed by atoms with Gasteiger partial charge in [0.25, 0.3) is 0 Å². The van der Waals surface area contributed by atoms with Crippen LogP contribution < -0.4 is 5.73 Å². The van der Waals surface area contributed by atoms with E-state index in [0.29, 0.717) is 29.7 Å². The summed E-state index contributed by atoms with van der Waals surface area (Å²) in [6.07, 6.45) is 7.68. The van der Waals surface area contributed by atoms with Crippen LogP contribution in [0.15, 0.2) is 30.9 Å². The van der Waals surface area contributed by atoms with E-state index in [4.69, 9.17) is 15.5 Å². The first-order valence-corrected chi connectivity index (χ1v) is 15.0. The van der Waals surface area contributed by atoms with Crippen LogP contribution in [0.4, 0.5) is 5.82 Å². The Bertz CT molecular complexity index is 1520. The minimum Gasteiger partial charge on any atom is -0.387 e. The third kappa shape index (κ3) is 4.88. The Hall–Kier alpha value is -3.12. The molecule has 2 saturated carbocycles. The Labute approximate surface area is 239 Å². The smallest absolute Gasteiger partial charge is 0.167 e. The van der Waals surface area contributed by atoms with Crippen LogP contribution in [0.5, 0.6) is 0 Å². The molecule has 41 heavy (non-hydrogen) atoms. The van der Waals surface area contributed by atoms with Crippen molar-refractivity contribution in [2.24, 2.45) is 5.92 Å². The van der Waals surface area contributed by atoms with E-state index in [2.05, 4.69) is 56.9 Å². The predicted molar refractivity (Wildman–Crippen MR) is 155 cm³/mol. The maximum Gasteiger partial charge on any atom is 0.167 e. The summed E-state index contributed by atoms with van der Waals surface area (Å²) < 4.78 is 7.87. The maximum atomic E-state index is 10.9. The van der Waals surface area contributed by atoms with Crippen molar-refractivity contribution in [2.45, 2.75) is 101 Å². The second kappa shape index (κ2) is 10.6. The number of hydrogen-bond donors (Lipinski definition) is 4. The summed E-state index contributed by atoms with van der Waals surface area (Å²) in [5, 5.41) is 21.8. The monoisotopic (exact) mass is 560 g/mol. The Kier molecular flexibility index (Phi) is 6.93. The Morgan fingerprint density at radius 2 is 1.98 bits per heavy atom. The van der Waals surface area contributed by atoms with Gasteiger partial charge in [0, 0.05) is 25.0 Å². The molecule has 5 N–H and O–H groups in total. The number of nitrogens with one attached hydrogen (secondary N) is 1. The van der Waals surface area contributed by atoms with Gasteiger partial charge < -0.3 is 25.7 Å². The van der Waals surface area contributed by atoms with E-state index in [1.165, 1.54) is 37.5 Å². The second-order valence-corrected chi connectivity index (χ2v) is 12.5. The molecule has 3 aromatic heterocycles. The van der Waals surface area contributed by atoms with Crippen LogP contribution in [0.3, 0.4) is 0 Å². The zero-order chi connectivity index (χ0) is 28.2. The van der Waals surface area contributed by atoms with Crippen molar-refractivity contribution in [2.75, 3.05) is 12.3 Å². The van der Waals surface area contributed by atoms with Crippen molar-refractivity contribution < 1.29 is 14.9 Å². The molecule has 11 heteroatoms. The number of aromatic nitrogens is 6. The van der Waals surface area contributed by atoms with Crippen LogP contribution >= 0.6 is 0 Å². The number of ether oxygens (including phenoxy) is 1. The standard InChI is InChI=1S/C30H40N8O3/c1-16(2)37(13-23-26(39)27(40)30(41-23)38-15-34-25-28(31)32-14-33-29(25)38)20-10-17(11-20)6-9-24-35-21-8-7-19(12-22(21)36-24)18-4-3-5-18/h7-8,12,14-18,20,23,26-27,30,39-40H,3-6,9-11,13H2,1-2H3,(H,35,36)(H2,31,32,33)/t17-,20-,23-,26-,27-,30-/m1/s1. The number of H-pyrrole nitrogens is 1. The van der Waals surface area contributed by atoms with Crippen LogP contribution in [-0.4, -0.2) is 81.5 Å². The summed E-state index contributed by atoms with van der Waals surface area (Å²) in [6, 6.07) is 7.44. The quantitative estimate of drug-likeness (QED) is 0.242. The number of anilines is 1. The van der Waals surface area contributed by atoms with Crippen molar-refractivity contribution in [3.63, 3.8) is 0 Å². The molecular weight excluding hydrogens is 520 g/mol. The van der Waals surface area contributed by atoms with Gasteiger partial charge in [-0.15, -0.1) is 0 Å². The highest BCUT2D eigenvalue weighted by molar-refractivity contribution is 5.81. The number of nitrogens with two attached hydrogens (primary N) is 1. The topological polar surface area (TPSA) is 151 Å². The largest absolute Gasteiger partial charge is 0.387 e. The van der Waals surface area contributed by atoms with Crippen molar-refractivity contribution >= 4 is 28.0 Å². The van der Waals surface area contributed by atoms with E-state index in [9.17, 15) is 10.2 Å². The molecule has 3 aliphatic rings. The average Bonchev–Trinajstić information content (AvgIpc) is 3.58.